The Balaban J connectivity index is 1.65. The molecule has 0 aromatic heterocycles. The maximum absolute atomic E-state index is 13.0. The number of amides is 1. The number of hydrogen-bond acceptors (Lipinski definition) is 5. The van der Waals surface area contributed by atoms with Crippen LogP contribution in [0, 0.1) is 5.92 Å². The summed E-state index contributed by atoms with van der Waals surface area (Å²) in [5.74, 6) is -0.837. The van der Waals surface area contributed by atoms with Crippen molar-refractivity contribution in [2.45, 2.75) is 62.8 Å². The van der Waals surface area contributed by atoms with Gasteiger partial charge in [0.15, 0.2) is 6.61 Å². The Kier molecular flexibility index (Phi) is 7.76. The largest absolute Gasteiger partial charge is 0.452 e. The van der Waals surface area contributed by atoms with Crippen LogP contribution < -0.4 is 5.32 Å². The lowest BCUT2D eigenvalue weighted by molar-refractivity contribution is -0.125. The summed E-state index contributed by atoms with van der Waals surface area (Å²) >= 11 is 6.15. The number of halogens is 1. The molecule has 1 aliphatic carbocycles. The van der Waals surface area contributed by atoms with Gasteiger partial charge in [-0.1, -0.05) is 37.8 Å². The van der Waals surface area contributed by atoms with Crippen molar-refractivity contribution >= 4 is 33.5 Å². The number of ether oxygens (including phenoxy) is 1. The Labute approximate surface area is 183 Å². The Morgan fingerprint density at radius 2 is 1.90 bits per heavy atom. The van der Waals surface area contributed by atoms with Gasteiger partial charge in [0, 0.05) is 19.1 Å². The Bertz CT molecular complexity index is 883. The van der Waals surface area contributed by atoms with E-state index in [2.05, 4.69) is 5.32 Å². The van der Waals surface area contributed by atoms with E-state index in [1.54, 1.807) is 0 Å². The Hall–Kier alpha value is -1.64. The summed E-state index contributed by atoms with van der Waals surface area (Å²) in [5.41, 5.74) is 0.0495. The van der Waals surface area contributed by atoms with E-state index in [0.717, 1.165) is 38.5 Å². The van der Waals surface area contributed by atoms with Gasteiger partial charge in [-0.3, -0.25) is 4.79 Å². The number of carbonyl (C=O) groups excluding carboxylic acids is 2. The summed E-state index contributed by atoms with van der Waals surface area (Å²) in [6.45, 7) is 2.47. The third kappa shape index (κ3) is 5.74. The average molecular weight is 457 g/mol. The van der Waals surface area contributed by atoms with E-state index in [-0.39, 0.29) is 33.3 Å². The van der Waals surface area contributed by atoms with Gasteiger partial charge in [-0.05, 0) is 49.8 Å². The van der Waals surface area contributed by atoms with Gasteiger partial charge in [-0.2, -0.15) is 4.31 Å². The van der Waals surface area contributed by atoms with Gasteiger partial charge in [0.05, 0.1) is 10.6 Å². The fourth-order valence-electron chi connectivity index (χ4n) is 4.06. The molecule has 1 heterocycles. The van der Waals surface area contributed by atoms with Crippen molar-refractivity contribution in [3.63, 3.8) is 0 Å². The Morgan fingerprint density at radius 1 is 1.17 bits per heavy atom. The zero-order valence-corrected chi connectivity index (χ0v) is 18.8. The van der Waals surface area contributed by atoms with Gasteiger partial charge in [0.25, 0.3) is 5.91 Å². The van der Waals surface area contributed by atoms with Crippen LogP contribution in [0.25, 0.3) is 0 Å². The summed E-state index contributed by atoms with van der Waals surface area (Å²) in [4.78, 5) is 24.3. The number of piperidine rings is 1. The van der Waals surface area contributed by atoms with Crippen LogP contribution in [0.1, 0.15) is 62.2 Å². The summed E-state index contributed by atoms with van der Waals surface area (Å²) in [5, 5.41) is 2.93. The van der Waals surface area contributed by atoms with E-state index < -0.39 is 22.6 Å². The summed E-state index contributed by atoms with van der Waals surface area (Å²) in [6.07, 6.45) is 7.00. The van der Waals surface area contributed by atoms with Crippen molar-refractivity contribution in [3.8, 4) is 0 Å². The van der Waals surface area contributed by atoms with Crippen molar-refractivity contribution in [3.05, 3.63) is 28.8 Å². The predicted molar refractivity (Wildman–Crippen MR) is 114 cm³/mol. The molecule has 0 bridgehead atoms. The number of benzene rings is 1. The minimum absolute atomic E-state index is 0.0495. The number of rotatable bonds is 6. The monoisotopic (exact) mass is 456 g/mol. The van der Waals surface area contributed by atoms with Gasteiger partial charge >= 0.3 is 5.97 Å². The first-order valence-electron chi connectivity index (χ1n) is 10.5. The van der Waals surface area contributed by atoms with Crippen LogP contribution in [0.3, 0.4) is 0 Å². The minimum atomic E-state index is -3.82. The molecule has 1 amide bonds. The molecule has 3 rings (SSSR count). The number of hydrogen-bond donors (Lipinski definition) is 1. The van der Waals surface area contributed by atoms with Crippen LogP contribution in [0.2, 0.25) is 5.02 Å². The fourth-order valence-corrected chi connectivity index (χ4v) is 6.16. The molecule has 7 nitrogen and oxygen atoms in total. The first kappa shape index (κ1) is 23.0. The number of esters is 1. The molecule has 9 heteroatoms. The molecule has 2 aliphatic rings. The smallest absolute Gasteiger partial charge is 0.338 e. The number of nitrogens with one attached hydrogen (secondary N) is 1. The van der Waals surface area contributed by atoms with Crippen LogP contribution in [0.5, 0.6) is 0 Å². The lowest BCUT2D eigenvalue weighted by Gasteiger charge is -2.30. The molecular formula is C21H29ClN2O5S. The second-order valence-electron chi connectivity index (χ2n) is 8.23. The number of carbonyl (C=O) groups is 2. The van der Waals surface area contributed by atoms with E-state index in [1.165, 1.54) is 28.9 Å². The molecule has 2 fully saturated rings. The van der Waals surface area contributed by atoms with E-state index >= 15 is 0 Å². The van der Waals surface area contributed by atoms with Gasteiger partial charge in [-0.25, -0.2) is 13.2 Å². The van der Waals surface area contributed by atoms with Gasteiger partial charge in [0.2, 0.25) is 10.0 Å². The predicted octanol–water partition coefficient (Wildman–Crippen LogP) is 3.37. The molecule has 166 valence electrons. The molecular weight excluding hydrogens is 428 g/mol. The van der Waals surface area contributed by atoms with Crippen molar-refractivity contribution in [1.29, 1.82) is 0 Å². The second-order valence-corrected chi connectivity index (χ2v) is 10.5. The standard InChI is InChI=1S/C21H29ClN2O5S/c1-15-6-5-11-24(13-15)30(27,28)19-12-16(9-10-18(19)22)21(26)29-14-20(25)23-17-7-3-2-4-8-17/h9-10,12,15,17H,2-8,11,13-14H2,1H3,(H,23,25). The topological polar surface area (TPSA) is 92.8 Å². The third-order valence-corrected chi connectivity index (χ3v) is 8.06. The first-order chi connectivity index (χ1) is 14.3. The summed E-state index contributed by atoms with van der Waals surface area (Å²) in [6, 6.07) is 4.14. The van der Waals surface area contributed by atoms with Crippen LogP contribution in [0.15, 0.2) is 23.1 Å². The number of nitrogens with zero attached hydrogens (tertiary/aromatic N) is 1. The van der Waals surface area contributed by atoms with Crippen molar-refractivity contribution in [1.82, 2.24) is 9.62 Å². The normalized spacial score (nSPS) is 21.2. The highest BCUT2D eigenvalue weighted by molar-refractivity contribution is 7.89. The molecule has 1 saturated heterocycles. The number of sulfonamides is 1. The second kappa shape index (κ2) is 10.1. The molecule has 1 aliphatic heterocycles. The van der Waals surface area contributed by atoms with Crippen LogP contribution in [-0.2, 0) is 19.6 Å². The summed E-state index contributed by atoms with van der Waals surface area (Å²) < 4.78 is 32.6. The molecule has 1 unspecified atom stereocenters. The third-order valence-electron chi connectivity index (χ3n) is 5.71. The summed E-state index contributed by atoms with van der Waals surface area (Å²) in [7, 11) is -3.82. The van der Waals surface area contributed by atoms with Crippen LogP contribution in [0.4, 0.5) is 0 Å². The molecule has 1 aromatic carbocycles. The molecule has 1 saturated carbocycles. The van der Waals surface area contributed by atoms with E-state index in [9.17, 15) is 18.0 Å². The van der Waals surface area contributed by atoms with Crippen LogP contribution >= 0.6 is 11.6 Å². The highest BCUT2D eigenvalue weighted by Crippen LogP contribution is 2.29. The van der Waals surface area contributed by atoms with Gasteiger partial charge in [0.1, 0.15) is 4.90 Å². The quantitative estimate of drug-likeness (QED) is 0.662. The molecule has 1 aromatic rings. The highest BCUT2D eigenvalue weighted by Gasteiger charge is 2.31. The SMILES string of the molecule is CC1CCCN(S(=O)(=O)c2cc(C(=O)OCC(=O)NC3CCCCC3)ccc2Cl)C1. The fraction of sp³-hybridized carbons (Fsp3) is 0.619. The Morgan fingerprint density at radius 3 is 2.60 bits per heavy atom. The average Bonchev–Trinajstić information content (AvgIpc) is 2.73. The minimum Gasteiger partial charge on any atom is -0.452 e. The van der Waals surface area contributed by atoms with E-state index in [4.69, 9.17) is 16.3 Å². The lowest BCUT2D eigenvalue weighted by atomic mass is 9.95. The van der Waals surface area contributed by atoms with Crippen molar-refractivity contribution in [2.75, 3.05) is 19.7 Å². The molecule has 1 N–H and O–H groups in total. The van der Waals surface area contributed by atoms with Crippen molar-refractivity contribution in [2.24, 2.45) is 5.92 Å². The lowest BCUT2D eigenvalue weighted by Crippen LogP contribution is -2.39. The molecule has 0 spiro atoms. The van der Waals surface area contributed by atoms with Gasteiger partial charge < -0.3 is 10.1 Å². The van der Waals surface area contributed by atoms with Crippen LogP contribution in [-0.4, -0.2) is 50.3 Å². The van der Waals surface area contributed by atoms with Gasteiger partial charge in [-0.15, -0.1) is 0 Å². The molecule has 0 radical (unpaired) electrons. The first-order valence-corrected chi connectivity index (χ1v) is 12.4. The van der Waals surface area contributed by atoms with E-state index in [1.807, 2.05) is 6.92 Å². The van der Waals surface area contributed by atoms with E-state index in [0.29, 0.717) is 13.1 Å². The zero-order valence-electron chi connectivity index (χ0n) is 17.2. The highest BCUT2D eigenvalue weighted by atomic mass is 35.5. The molecule has 30 heavy (non-hydrogen) atoms. The maximum atomic E-state index is 13.0. The molecule has 1 atom stereocenters. The van der Waals surface area contributed by atoms with Crippen molar-refractivity contribution < 1.29 is 22.7 Å². The zero-order chi connectivity index (χ0) is 21.7. The maximum Gasteiger partial charge on any atom is 0.338 e.